The number of imidazole rings is 2. The maximum atomic E-state index is 10.8. The minimum atomic E-state index is -0.420. The molecule has 0 atom stereocenters. The van der Waals surface area contributed by atoms with Gasteiger partial charge in [-0.05, 0) is 25.0 Å². The Bertz CT molecular complexity index is 1120. The molecule has 29 heavy (non-hydrogen) atoms. The Morgan fingerprint density at radius 2 is 1.17 bits per heavy atom. The van der Waals surface area contributed by atoms with Crippen LogP contribution in [0.3, 0.4) is 0 Å². The van der Waals surface area contributed by atoms with E-state index in [1.54, 1.807) is 12.1 Å². The topological polar surface area (TPSA) is 144 Å². The Labute approximate surface area is 164 Å². The van der Waals surface area contributed by atoms with Gasteiger partial charge in [0.15, 0.2) is 0 Å². The Morgan fingerprint density at radius 1 is 0.724 bits per heavy atom. The zero-order valence-corrected chi connectivity index (χ0v) is 15.4. The molecule has 4 aromatic rings. The van der Waals surface area contributed by atoms with Gasteiger partial charge in [-0.15, -0.1) is 0 Å². The lowest BCUT2D eigenvalue weighted by atomic mass is 10.1. The lowest BCUT2D eigenvalue weighted by Gasteiger charge is -1.98. The lowest BCUT2D eigenvalue weighted by Crippen LogP contribution is -1.91. The van der Waals surface area contributed by atoms with Crippen molar-refractivity contribution in [1.82, 2.24) is 19.9 Å². The van der Waals surface area contributed by atoms with Crippen molar-refractivity contribution in [1.29, 1.82) is 0 Å². The third-order valence-electron chi connectivity index (χ3n) is 4.78. The molecule has 10 heteroatoms. The number of nitrogens with zero attached hydrogens (tertiary/aromatic N) is 4. The number of non-ortho nitro benzene ring substituents is 2. The van der Waals surface area contributed by atoms with Crippen molar-refractivity contribution in [3.05, 3.63) is 68.3 Å². The van der Waals surface area contributed by atoms with Crippen molar-refractivity contribution in [3.8, 4) is 0 Å². The summed E-state index contributed by atoms with van der Waals surface area (Å²) >= 11 is 0. The van der Waals surface area contributed by atoms with Crippen molar-refractivity contribution < 1.29 is 9.85 Å². The zero-order chi connectivity index (χ0) is 20.4. The maximum Gasteiger partial charge on any atom is 0.271 e. The highest BCUT2D eigenvalue weighted by Gasteiger charge is 2.11. The van der Waals surface area contributed by atoms with Crippen LogP contribution in [-0.2, 0) is 12.8 Å². The molecular formula is C19H18N6O4. The first-order valence-electron chi connectivity index (χ1n) is 9.26. The molecule has 0 radical (unpaired) electrons. The summed E-state index contributed by atoms with van der Waals surface area (Å²) in [5, 5.41) is 21.7. The van der Waals surface area contributed by atoms with Gasteiger partial charge in [0.2, 0.25) is 0 Å². The summed E-state index contributed by atoms with van der Waals surface area (Å²) in [5.41, 5.74) is 2.88. The number of nitrogens with one attached hydrogen (secondary N) is 2. The minimum absolute atomic E-state index is 0.0452. The first-order chi connectivity index (χ1) is 14.0. The van der Waals surface area contributed by atoms with Gasteiger partial charge in [0.25, 0.3) is 11.4 Å². The van der Waals surface area contributed by atoms with Crippen LogP contribution in [0, 0.1) is 20.2 Å². The van der Waals surface area contributed by atoms with Gasteiger partial charge < -0.3 is 9.97 Å². The van der Waals surface area contributed by atoms with Gasteiger partial charge in [0.05, 0.1) is 31.9 Å². The van der Waals surface area contributed by atoms with Crippen LogP contribution < -0.4 is 0 Å². The zero-order valence-electron chi connectivity index (χ0n) is 15.4. The Morgan fingerprint density at radius 3 is 1.59 bits per heavy atom. The molecule has 0 saturated carbocycles. The monoisotopic (exact) mass is 394 g/mol. The number of hydrogen-bond acceptors (Lipinski definition) is 6. The van der Waals surface area contributed by atoms with Crippen LogP contribution in [-0.4, -0.2) is 29.8 Å². The van der Waals surface area contributed by atoms with Crippen LogP contribution in [0.15, 0.2) is 36.4 Å². The molecule has 0 fully saturated rings. The molecule has 0 unspecified atom stereocenters. The fraction of sp³-hybridized carbons (Fsp3) is 0.263. The van der Waals surface area contributed by atoms with Gasteiger partial charge in [-0.2, -0.15) is 0 Å². The third-order valence-corrected chi connectivity index (χ3v) is 4.78. The van der Waals surface area contributed by atoms with Crippen LogP contribution in [0.4, 0.5) is 11.4 Å². The summed E-state index contributed by atoms with van der Waals surface area (Å²) in [5.74, 6) is 1.63. The van der Waals surface area contributed by atoms with E-state index in [2.05, 4.69) is 19.9 Å². The molecule has 0 spiro atoms. The smallest absolute Gasteiger partial charge is 0.271 e. The molecule has 10 nitrogen and oxygen atoms in total. The summed E-state index contributed by atoms with van der Waals surface area (Å²) in [4.78, 5) is 36.1. The molecule has 0 amide bonds. The van der Waals surface area contributed by atoms with Gasteiger partial charge in [-0.1, -0.05) is 6.42 Å². The minimum Gasteiger partial charge on any atom is -0.342 e. The number of unbranched alkanes of at least 4 members (excludes halogenated alkanes) is 2. The van der Waals surface area contributed by atoms with E-state index in [1.165, 1.54) is 24.3 Å². The highest BCUT2D eigenvalue weighted by molar-refractivity contribution is 5.78. The van der Waals surface area contributed by atoms with Crippen molar-refractivity contribution in [2.45, 2.75) is 32.1 Å². The van der Waals surface area contributed by atoms with E-state index < -0.39 is 9.85 Å². The third kappa shape index (κ3) is 4.05. The number of nitro benzene ring substituents is 2. The van der Waals surface area contributed by atoms with Gasteiger partial charge in [-0.25, -0.2) is 9.97 Å². The summed E-state index contributed by atoms with van der Waals surface area (Å²) < 4.78 is 0. The molecular weight excluding hydrogens is 376 g/mol. The summed E-state index contributed by atoms with van der Waals surface area (Å²) in [7, 11) is 0. The Kier molecular flexibility index (Phi) is 4.90. The maximum absolute atomic E-state index is 10.8. The van der Waals surface area contributed by atoms with Crippen molar-refractivity contribution in [2.24, 2.45) is 0 Å². The number of aryl methyl sites for hydroxylation is 2. The standard InChI is InChI=1S/C19H18N6O4/c26-24(27)12-6-8-14-16(10-12)22-18(20-14)4-2-1-3-5-19-21-15-9-7-13(25(28)29)11-17(15)23-19/h6-11H,1-5H2,(H,20,22)(H,21,23). The van der Waals surface area contributed by atoms with Gasteiger partial charge in [0, 0.05) is 37.1 Å². The molecule has 0 saturated heterocycles. The van der Waals surface area contributed by atoms with Crippen LogP contribution in [0.2, 0.25) is 0 Å². The van der Waals surface area contributed by atoms with Gasteiger partial charge >= 0.3 is 0 Å². The quantitative estimate of drug-likeness (QED) is 0.260. The highest BCUT2D eigenvalue weighted by atomic mass is 16.6. The highest BCUT2D eigenvalue weighted by Crippen LogP contribution is 2.21. The fourth-order valence-corrected chi connectivity index (χ4v) is 3.33. The first-order valence-corrected chi connectivity index (χ1v) is 9.26. The van der Waals surface area contributed by atoms with Crippen LogP contribution in [0.25, 0.3) is 22.1 Å². The average Bonchev–Trinajstić information content (AvgIpc) is 3.29. The van der Waals surface area contributed by atoms with E-state index in [4.69, 9.17) is 0 Å². The van der Waals surface area contributed by atoms with Gasteiger partial charge in [0.1, 0.15) is 11.6 Å². The number of fused-ring (bicyclic) bond motifs is 2. The second-order valence-corrected chi connectivity index (χ2v) is 6.84. The molecule has 0 aliphatic rings. The molecule has 2 aromatic heterocycles. The molecule has 0 aliphatic carbocycles. The van der Waals surface area contributed by atoms with Crippen LogP contribution in [0.5, 0.6) is 0 Å². The number of aromatic nitrogens is 4. The van der Waals surface area contributed by atoms with E-state index in [1.807, 2.05) is 0 Å². The van der Waals surface area contributed by atoms with Crippen molar-refractivity contribution in [3.63, 3.8) is 0 Å². The van der Waals surface area contributed by atoms with Crippen LogP contribution >= 0.6 is 0 Å². The molecule has 0 aliphatic heterocycles. The number of hydrogen-bond donors (Lipinski definition) is 2. The number of rotatable bonds is 8. The van der Waals surface area contributed by atoms with Crippen LogP contribution in [0.1, 0.15) is 30.9 Å². The van der Waals surface area contributed by atoms with E-state index in [-0.39, 0.29) is 11.4 Å². The van der Waals surface area contributed by atoms with Gasteiger partial charge in [-0.3, -0.25) is 20.2 Å². The summed E-state index contributed by atoms with van der Waals surface area (Å²) in [6.07, 6.45) is 4.33. The molecule has 4 rings (SSSR count). The van der Waals surface area contributed by atoms with E-state index in [0.717, 1.165) is 54.8 Å². The second kappa shape index (κ2) is 7.66. The van der Waals surface area contributed by atoms with Crippen molar-refractivity contribution in [2.75, 3.05) is 0 Å². The fourth-order valence-electron chi connectivity index (χ4n) is 3.33. The lowest BCUT2D eigenvalue weighted by molar-refractivity contribution is -0.384. The molecule has 0 bridgehead atoms. The van der Waals surface area contributed by atoms with E-state index >= 15 is 0 Å². The summed E-state index contributed by atoms with van der Waals surface area (Å²) in [6.45, 7) is 0. The average molecular weight is 394 g/mol. The molecule has 148 valence electrons. The number of benzene rings is 2. The Hall–Kier alpha value is -3.82. The molecule has 2 aromatic carbocycles. The summed E-state index contributed by atoms with van der Waals surface area (Å²) in [6, 6.07) is 9.21. The van der Waals surface area contributed by atoms with Crippen molar-refractivity contribution >= 4 is 33.4 Å². The SMILES string of the molecule is O=[N+]([O-])c1ccc2nc(CCCCCc3nc4ccc([N+](=O)[O-])cc4[nH]3)[nH]c2c1. The predicted molar refractivity (Wildman–Crippen MR) is 107 cm³/mol. The predicted octanol–water partition coefficient (Wildman–Crippen LogP) is 4.21. The number of aromatic amines is 2. The molecule has 2 N–H and O–H groups in total. The number of H-pyrrole nitrogens is 2. The largest absolute Gasteiger partial charge is 0.342 e. The molecule has 2 heterocycles. The van der Waals surface area contributed by atoms with E-state index in [9.17, 15) is 20.2 Å². The first kappa shape index (κ1) is 18.5. The van der Waals surface area contributed by atoms with E-state index in [0.29, 0.717) is 11.0 Å². The number of nitro groups is 2. The second-order valence-electron chi connectivity index (χ2n) is 6.84. The normalized spacial score (nSPS) is 11.3. The Balaban J connectivity index is 1.29.